The van der Waals surface area contributed by atoms with E-state index in [9.17, 15) is 0 Å². The zero-order valence-corrected chi connectivity index (χ0v) is 20.2. The van der Waals surface area contributed by atoms with Gasteiger partial charge in [0.1, 0.15) is 11.6 Å². The third-order valence-corrected chi connectivity index (χ3v) is 7.73. The molecule has 2 saturated heterocycles. The smallest absolute Gasteiger partial charge is 0.140 e. The summed E-state index contributed by atoms with van der Waals surface area (Å²) in [6, 6.07) is 15.7. The van der Waals surface area contributed by atoms with Gasteiger partial charge in [-0.1, -0.05) is 24.3 Å². The molecule has 3 fully saturated rings. The Labute approximate surface area is 203 Å². The van der Waals surface area contributed by atoms with E-state index in [0.717, 1.165) is 43.3 Å². The van der Waals surface area contributed by atoms with E-state index in [-0.39, 0.29) is 0 Å². The fraction of sp³-hybridized carbons (Fsp3) is 0.483. The quantitative estimate of drug-likeness (QED) is 0.408. The molecule has 1 aliphatic carbocycles. The van der Waals surface area contributed by atoms with E-state index in [1.165, 1.54) is 61.8 Å². The first-order chi connectivity index (χ1) is 16.8. The zero-order valence-electron chi connectivity index (χ0n) is 20.2. The molecule has 177 valence electrons. The van der Waals surface area contributed by atoms with Crippen LogP contribution >= 0.6 is 0 Å². The van der Waals surface area contributed by atoms with E-state index in [4.69, 9.17) is 14.7 Å². The van der Waals surface area contributed by atoms with Crippen molar-refractivity contribution in [2.45, 2.75) is 50.4 Å². The SMILES string of the molecule is COCC[CH]c1ccc2nc(C3CC3)nc(N3CCC(c4ccccc4N4CCC4)CC3)c2c1. The fourth-order valence-corrected chi connectivity index (χ4v) is 5.46. The van der Waals surface area contributed by atoms with Gasteiger partial charge in [-0.25, -0.2) is 9.97 Å². The Morgan fingerprint density at radius 2 is 1.74 bits per heavy atom. The molecule has 0 bridgehead atoms. The molecule has 1 aromatic heterocycles. The van der Waals surface area contributed by atoms with Crippen LogP contribution in [0.2, 0.25) is 0 Å². The molecule has 1 radical (unpaired) electrons. The Morgan fingerprint density at radius 1 is 0.912 bits per heavy atom. The van der Waals surface area contributed by atoms with Crippen LogP contribution in [-0.4, -0.2) is 49.9 Å². The highest BCUT2D eigenvalue weighted by Crippen LogP contribution is 2.41. The van der Waals surface area contributed by atoms with Crippen molar-refractivity contribution in [2.75, 3.05) is 49.7 Å². The number of benzene rings is 2. The molecule has 6 rings (SSSR count). The molecule has 3 aliphatic rings. The van der Waals surface area contributed by atoms with Crippen molar-refractivity contribution >= 4 is 22.4 Å². The molecule has 2 aromatic carbocycles. The molecule has 0 N–H and O–H groups in total. The van der Waals surface area contributed by atoms with E-state index in [1.807, 2.05) is 0 Å². The molecule has 3 aromatic rings. The van der Waals surface area contributed by atoms with Crippen LogP contribution < -0.4 is 9.80 Å². The van der Waals surface area contributed by atoms with Crippen LogP contribution in [0.4, 0.5) is 11.5 Å². The molecule has 5 nitrogen and oxygen atoms in total. The van der Waals surface area contributed by atoms with E-state index in [0.29, 0.717) is 11.8 Å². The van der Waals surface area contributed by atoms with Gasteiger partial charge in [-0.15, -0.1) is 0 Å². The second-order valence-corrected chi connectivity index (χ2v) is 10.1. The second-order valence-electron chi connectivity index (χ2n) is 10.1. The average Bonchev–Trinajstić information content (AvgIpc) is 3.69. The lowest BCUT2D eigenvalue weighted by molar-refractivity contribution is 0.202. The summed E-state index contributed by atoms with van der Waals surface area (Å²) in [5.41, 5.74) is 5.32. The third kappa shape index (κ3) is 4.38. The van der Waals surface area contributed by atoms with E-state index in [2.05, 4.69) is 58.7 Å². The third-order valence-electron chi connectivity index (χ3n) is 7.73. The summed E-state index contributed by atoms with van der Waals surface area (Å²) in [5, 5.41) is 1.19. The van der Waals surface area contributed by atoms with Crippen LogP contribution in [0.1, 0.15) is 67.3 Å². The first-order valence-electron chi connectivity index (χ1n) is 13.0. The van der Waals surface area contributed by atoms with Crippen LogP contribution in [0.3, 0.4) is 0 Å². The normalized spacial score (nSPS) is 19.0. The maximum Gasteiger partial charge on any atom is 0.140 e. The van der Waals surface area contributed by atoms with Crippen molar-refractivity contribution in [3.05, 3.63) is 65.8 Å². The summed E-state index contributed by atoms with van der Waals surface area (Å²) in [6.07, 6.45) is 9.29. The minimum atomic E-state index is 0.553. The highest BCUT2D eigenvalue weighted by molar-refractivity contribution is 5.90. The molecule has 0 unspecified atom stereocenters. The van der Waals surface area contributed by atoms with Crippen LogP contribution in [0.15, 0.2) is 42.5 Å². The Kier molecular flexibility index (Phi) is 6.13. The summed E-state index contributed by atoms with van der Waals surface area (Å²) in [6.45, 7) is 5.25. The predicted molar refractivity (Wildman–Crippen MR) is 139 cm³/mol. The fourth-order valence-electron chi connectivity index (χ4n) is 5.46. The molecule has 2 aliphatic heterocycles. The molecule has 34 heavy (non-hydrogen) atoms. The molecule has 1 saturated carbocycles. The Bertz CT molecular complexity index is 1150. The van der Waals surface area contributed by atoms with Crippen molar-refractivity contribution in [3.8, 4) is 0 Å². The van der Waals surface area contributed by atoms with Gasteiger partial charge in [0, 0.05) is 56.9 Å². The lowest BCUT2D eigenvalue weighted by atomic mass is 9.87. The number of ether oxygens (including phenoxy) is 1. The molecular weight excluding hydrogens is 420 g/mol. The van der Waals surface area contributed by atoms with Gasteiger partial charge in [0.2, 0.25) is 0 Å². The maximum absolute atomic E-state index is 5.23. The number of aromatic nitrogens is 2. The van der Waals surface area contributed by atoms with Crippen molar-refractivity contribution < 1.29 is 4.74 Å². The summed E-state index contributed by atoms with van der Waals surface area (Å²) >= 11 is 0. The molecule has 0 amide bonds. The number of anilines is 2. The number of piperidine rings is 1. The predicted octanol–water partition coefficient (Wildman–Crippen LogP) is 5.69. The highest BCUT2D eigenvalue weighted by Gasteiger charge is 2.30. The topological polar surface area (TPSA) is 41.5 Å². The highest BCUT2D eigenvalue weighted by atomic mass is 16.5. The lowest BCUT2D eigenvalue weighted by Crippen LogP contribution is -2.39. The summed E-state index contributed by atoms with van der Waals surface area (Å²) in [4.78, 5) is 15.2. The standard InChI is InChI=1S/C29H35N4O/c1-34-19-4-6-21-9-12-26-25(20-21)29(31-28(30-26)23-10-11-23)33-17-13-22(14-18-33)24-7-2-3-8-27(24)32-15-5-16-32/h2-3,6-9,12,20,22-23H,4-5,10-11,13-19H2,1H3. The molecule has 0 spiro atoms. The van der Waals surface area contributed by atoms with Crippen LogP contribution in [0.25, 0.3) is 10.9 Å². The van der Waals surface area contributed by atoms with Crippen LogP contribution in [-0.2, 0) is 4.74 Å². The lowest BCUT2D eigenvalue weighted by Gasteiger charge is -2.38. The van der Waals surface area contributed by atoms with Gasteiger partial charge >= 0.3 is 0 Å². The summed E-state index contributed by atoms with van der Waals surface area (Å²) in [7, 11) is 1.76. The zero-order chi connectivity index (χ0) is 22.9. The van der Waals surface area contributed by atoms with Gasteiger partial charge in [0.25, 0.3) is 0 Å². The Hall–Kier alpha value is -2.66. The number of rotatable bonds is 8. The van der Waals surface area contributed by atoms with Gasteiger partial charge in [0.15, 0.2) is 0 Å². The number of hydrogen-bond donors (Lipinski definition) is 0. The van der Waals surface area contributed by atoms with Gasteiger partial charge in [0.05, 0.1) is 5.52 Å². The van der Waals surface area contributed by atoms with Gasteiger partial charge in [-0.3, -0.25) is 0 Å². The molecule has 3 heterocycles. The first-order valence-corrected chi connectivity index (χ1v) is 13.0. The van der Waals surface area contributed by atoms with Crippen LogP contribution in [0.5, 0.6) is 0 Å². The van der Waals surface area contributed by atoms with Crippen molar-refractivity contribution in [1.82, 2.24) is 9.97 Å². The summed E-state index contributed by atoms with van der Waals surface area (Å²) in [5.74, 6) is 3.37. The Morgan fingerprint density at radius 3 is 2.47 bits per heavy atom. The van der Waals surface area contributed by atoms with Gasteiger partial charge in [-0.2, -0.15) is 0 Å². The van der Waals surface area contributed by atoms with Crippen molar-refractivity contribution in [3.63, 3.8) is 0 Å². The van der Waals surface area contributed by atoms with E-state index in [1.54, 1.807) is 12.7 Å². The minimum absolute atomic E-state index is 0.553. The van der Waals surface area contributed by atoms with Gasteiger partial charge in [-0.05, 0) is 80.2 Å². The monoisotopic (exact) mass is 455 g/mol. The largest absolute Gasteiger partial charge is 0.385 e. The molecule has 5 heteroatoms. The van der Waals surface area contributed by atoms with Gasteiger partial charge < -0.3 is 14.5 Å². The number of methoxy groups -OCH3 is 1. The number of para-hydroxylation sites is 1. The number of hydrogen-bond acceptors (Lipinski definition) is 5. The van der Waals surface area contributed by atoms with Crippen molar-refractivity contribution in [2.24, 2.45) is 0 Å². The first kappa shape index (κ1) is 21.8. The maximum atomic E-state index is 5.23. The average molecular weight is 456 g/mol. The Balaban J connectivity index is 1.25. The number of fused-ring (bicyclic) bond motifs is 1. The summed E-state index contributed by atoms with van der Waals surface area (Å²) < 4.78 is 5.23. The second kappa shape index (κ2) is 9.53. The van der Waals surface area contributed by atoms with E-state index < -0.39 is 0 Å². The van der Waals surface area contributed by atoms with Crippen LogP contribution in [0, 0.1) is 6.42 Å². The van der Waals surface area contributed by atoms with Crippen molar-refractivity contribution in [1.29, 1.82) is 0 Å². The molecular formula is C29H35N4O. The number of nitrogens with zero attached hydrogens (tertiary/aromatic N) is 4. The van der Waals surface area contributed by atoms with E-state index >= 15 is 0 Å². The minimum Gasteiger partial charge on any atom is -0.385 e. The molecule has 0 atom stereocenters.